The predicted molar refractivity (Wildman–Crippen MR) is 76.8 cm³/mol. The first-order valence-electron chi connectivity index (χ1n) is 6.14. The quantitative estimate of drug-likeness (QED) is 0.911. The van der Waals surface area contributed by atoms with Crippen molar-refractivity contribution in [2.75, 3.05) is 18.0 Å². The minimum absolute atomic E-state index is 0.0404. The van der Waals surface area contributed by atoms with Crippen molar-refractivity contribution in [2.24, 2.45) is 5.92 Å². The molecule has 5 nitrogen and oxygen atoms in total. The van der Waals surface area contributed by atoms with Crippen molar-refractivity contribution in [3.63, 3.8) is 0 Å². The fourth-order valence-corrected chi connectivity index (χ4v) is 3.03. The SMILES string of the molecule is Cc1csc2c(N(CC(=O)O)CC(C)C)ncnc12. The topological polar surface area (TPSA) is 66.3 Å². The van der Waals surface area contributed by atoms with Crippen LogP contribution < -0.4 is 4.90 Å². The molecule has 2 aromatic heterocycles. The average Bonchev–Trinajstić information content (AvgIpc) is 2.69. The van der Waals surface area contributed by atoms with Crippen LogP contribution in [0, 0.1) is 12.8 Å². The van der Waals surface area contributed by atoms with E-state index in [1.807, 2.05) is 17.2 Å². The molecule has 0 spiro atoms. The summed E-state index contributed by atoms with van der Waals surface area (Å²) < 4.78 is 0.960. The number of anilines is 1. The van der Waals surface area contributed by atoms with Crippen LogP contribution in [0.15, 0.2) is 11.7 Å². The summed E-state index contributed by atoms with van der Waals surface area (Å²) in [7, 11) is 0. The Labute approximate surface area is 115 Å². The van der Waals surface area contributed by atoms with Crippen molar-refractivity contribution in [1.82, 2.24) is 9.97 Å². The third-order valence-corrected chi connectivity index (χ3v) is 3.81. The molecule has 0 aliphatic rings. The zero-order valence-corrected chi connectivity index (χ0v) is 12.1. The first-order chi connectivity index (χ1) is 8.99. The van der Waals surface area contributed by atoms with Gasteiger partial charge in [0.1, 0.15) is 12.9 Å². The van der Waals surface area contributed by atoms with Crippen molar-refractivity contribution >= 4 is 33.3 Å². The molecule has 0 saturated carbocycles. The Kier molecular flexibility index (Phi) is 3.99. The smallest absolute Gasteiger partial charge is 0.323 e. The molecule has 0 unspecified atom stereocenters. The van der Waals surface area contributed by atoms with Crippen molar-refractivity contribution in [3.05, 3.63) is 17.3 Å². The highest BCUT2D eigenvalue weighted by atomic mass is 32.1. The molecule has 0 fully saturated rings. The maximum Gasteiger partial charge on any atom is 0.323 e. The molecule has 2 aromatic rings. The molecule has 6 heteroatoms. The maximum absolute atomic E-state index is 11.0. The standard InChI is InChI=1S/C13H17N3O2S/c1-8(2)4-16(5-10(17)18)13-12-11(14-7-15-13)9(3)6-19-12/h6-8H,4-5H2,1-3H3,(H,17,18). The third-order valence-electron chi connectivity index (χ3n) is 2.72. The largest absolute Gasteiger partial charge is 0.480 e. The molecule has 0 aromatic carbocycles. The minimum atomic E-state index is -0.847. The number of carboxylic acids is 1. The second-order valence-corrected chi connectivity index (χ2v) is 5.84. The second kappa shape index (κ2) is 5.52. The van der Waals surface area contributed by atoms with Gasteiger partial charge in [0.2, 0.25) is 0 Å². The lowest BCUT2D eigenvalue weighted by molar-refractivity contribution is -0.135. The van der Waals surface area contributed by atoms with E-state index in [0.29, 0.717) is 12.5 Å². The van der Waals surface area contributed by atoms with E-state index in [1.165, 1.54) is 6.33 Å². The maximum atomic E-state index is 11.0. The zero-order chi connectivity index (χ0) is 14.0. The normalized spacial score (nSPS) is 11.2. The number of aromatic nitrogens is 2. The van der Waals surface area contributed by atoms with Crippen LogP contribution in [0.3, 0.4) is 0 Å². The number of hydrogen-bond donors (Lipinski definition) is 1. The lowest BCUT2D eigenvalue weighted by Gasteiger charge is -2.23. The van der Waals surface area contributed by atoms with Crippen molar-refractivity contribution in [3.8, 4) is 0 Å². The van der Waals surface area contributed by atoms with Crippen molar-refractivity contribution < 1.29 is 9.90 Å². The van der Waals surface area contributed by atoms with Crippen LogP contribution in [0.4, 0.5) is 5.82 Å². The van der Waals surface area contributed by atoms with Gasteiger partial charge in [0.05, 0.1) is 10.2 Å². The Hall–Kier alpha value is -1.69. The molecular weight excluding hydrogens is 262 g/mol. The van der Waals surface area contributed by atoms with Crippen LogP contribution >= 0.6 is 11.3 Å². The molecule has 0 amide bonds. The third kappa shape index (κ3) is 3.01. The number of aryl methyl sites for hydroxylation is 1. The summed E-state index contributed by atoms with van der Waals surface area (Å²) in [5.74, 6) is 0.241. The number of rotatable bonds is 5. The predicted octanol–water partition coefficient (Wildman–Crippen LogP) is 2.55. The molecule has 2 rings (SSSR count). The number of hydrogen-bond acceptors (Lipinski definition) is 5. The van der Waals surface area contributed by atoms with Crippen LogP contribution in [0.25, 0.3) is 10.2 Å². The zero-order valence-electron chi connectivity index (χ0n) is 11.3. The van der Waals surface area contributed by atoms with E-state index < -0.39 is 5.97 Å². The highest BCUT2D eigenvalue weighted by molar-refractivity contribution is 7.18. The lowest BCUT2D eigenvalue weighted by atomic mass is 10.2. The van der Waals surface area contributed by atoms with E-state index in [2.05, 4.69) is 23.8 Å². The van der Waals surface area contributed by atoms with Gasteiger partial charge in [-0.2, -0.15) is 0 Å². The number of aliphatic carboxylic acids is 1. The Balaban J connectivity index is 2.45. The molecule has 102 valence electrons. The van der Waals surface area contributed by atoms with Crippen LogP contribution in [0.1, 0.15) is 19.4 Å². The fourth-order valence-electron chi connectivity index (χ4n) is 2.01. The lowest BCUT2D eigenvalue weighted by Crippen LogP contribution is -2.33. The summed E-state index contributed by atoms with van der Waals surface area (Å²) >= 11 is 1.56. The molecule has 0 bridgehead atoms. The van der Waals surface area contributed by atoms with Gasteiger partial charge < -0.3 is 10.0 Å². The molecule has 0 aliphatic heterocycles. The van der Waals surface area contributed by atoms with E-state index in [9.17, 15) is 4.79 Å². The van der Waals surface area contributed by atoms with Gasteiger partial charge in [-0.1, -0.05) is 13.8 Å². The number of nitrogens with zero attached hydrogens (tertiary/aromatic N) is 3. The molecule has 19 heavy (non-hydrogen) atoms. The van der Waals surface area contributed by atoms with E-state index >= 15 is 0 Å². The first kappa shape index (κ1) is 13.7. The number of fused-ring (bicyclic) bond motifs is 1. The summed E-state index contributed by atoms with van der Waals surface area (Å²) in [6, 6.07) is 0. The van der Waals surface area contributed by atoms with Gasteiger partial charge in [0.15, 0.2) is 5.82 Å². The van der Waals surface area contributed by atoms with Crippen LogP contribution in [-0.2, 0) is 4.79 Å². The number of carbonyl (C=O) groups is 1. The average molecular weight is 279 g/mol. The molecule has 2 heterocycles. The molecule has 0 radical (unpaired) electrons. The Bertz CT molecular complexity index is 595. The van der Waals surface area contributed by atoms with Gasteiger partial charge in [-0.05, 0) is 23.8 Å². The molecule has 1 N–H and O–H groups in total. The highest BCUT2D eigenvalue weighted by Crippen LogP contribution is 2.31. The van der Waals surface area contributed by atoms with E-state index in [4.69, 9.17) is 5.11 Å². The van der Waals surface area contributed by atoms with Gasteiger partial charge >= 0.3 is 5.97 Å². The molecule has 0 aliphatic carbocycles. The van der Waals surface area contributed by atoms with Gasteiger partial charge in [-0.25, -0.2) is 9.97 Å². The van der Waals surface area contributed by atoms with Crippen LogP contribution in [0.5, 0.6) is 0 Å². The van der Waals surface area contributed by atoms with Crippen LogP contribution in [-0.4, -0.2) is 34.1 Å². The number of carboxylic acid groups (broad SMARTS) is 1. The van der Waals surface area contributed by atoms with Gasteiger partial charge in [-0.3, -0.25) is 4.79 Å². The molecule has 0 atom stereocenters. The van der Waals surface area contributed by atoms with E-state index in [0.717, 1.165) is 21.6 Å². The van der Waals surface area contributed by atoms with Crippen LogP contribution in [0.2, 0.25) is 0 Å². The Morgan fingerprint density at radius 1 is 1.47 bits per heavy atom. The summed E-state index contributed by atoms with van der Waals surface area (Å²) in [6.45, 7) is 6.75. The second-order valence-electron chi connectivity index (χ2n) is 4.96. The van der Waals surface area contributed by atoms with Gasteiger partial charge in [0, 0.05) is 6.54 Å². The van der Waals surface area contributed by atoms with Gasteiger partial charge in [0.25, 0.3) is 0 Å². The monoisotopic (exact) mass is 279 g/mol. The summed E-state index contributed by atoms with van der Waals surface area (Å²) in [4.78, 5) is 21.4. The summed E-state index contributed by atoms with van der Waals surface area (Å²) in [5, 5.41) is 11.1. The minimum Gasteiger partial charge on any atom is -0.480 e. The molecular formula is C13H17N3O2S. The summed E-state index contributed by atoms with van der Waals surface area (Å²) in [6.07, 6.45) is 1.51. The summed E-state index contributed by atoms with van der Waals surface area (Å²) in [5.41, 5.74) is 2.01. The first-order valence-corrected chi connectivity index (χ1v) is 7.02. The molecule has 0 saturated heterocycles. The van der Waals surface area contributed by atoms with Crippen molar-refractivity contribution in [2.45, 2.75) is 20.8 Å². The fraction of sp³-hybridized carbons (Fsp3) is 0.462. The van der Waals surface area contributed by atoms with Gasteiger partial charge in [-0.15, -0.1) is 11.3 Å². The highest BCUT2D eigenvalue weighted by Gasteiger charge is 2.18. The van der Waals surface area contributed by atoms with E-state index in [-0.39, 0.29) is 6.54 Å². The Morgan fingerprint density at radius 3 is 2.84 bits per heavy atom. The van der Waals surface area contributed by atoms with E-state index in [1.54, 1.807) is 11.3 Å². The Morgan fingerprint density at radius 2 is 2.21 bits per heavy atom. The number of thiophene rings is 1. The van der Waals surface area contributed by atoms with Crippen molar-refractivity contribution in [1.29, 1.82) is 0 Å².